The molecule has 0 fully saturated rings. The van der Waals surface area contributed by atoms with Crippen molar-refractivity contribution in [2.45, 2.75) is 6.42 Å². The number of nitrogens with one attached hydrogen (secondary N) is 1. The van der Waals surface area contributed by atoms with E-state index in [1.165, 1.54) is 4.88 Å². The number of nitrogens with zero attached hydrogens (tertiary/aromatic N) is 1. The van der Waals surface area contributed by atoms with Gasteiger partial charge in [-0.25, -0.2) is 4.98 Å². The molecule has 0 radical (unpaired) electrons. The van der Waals surface area contributed by atoms with E-state index in [0.29, 0.717) is 18.1 Å². The molecule has 0 spiro atoms. The van der Waals surface area contributed by atoms with Crippen molar-refractivity contribution in [2.24, 2.45) is 5.73 Å². The zero-order valence-corrected chi connectivity index (χ0v) is 12.2. The molecule has 3 rings (SSSR count). The minimum absolute atomic E-state index is 0.0284. The van der Waals surface area contributed by atoms with Crippen LogP contribution in [0.3, 0.4) is 0 Å². The van der Waals surface area contributed by atoms with Gasteiger partial charge in [-0.1, -0.05) is 24.3 Å². The smallest absolute Gasteiger partial charge is 0.225 e. The Hall–Kier alpha value is -2.40. The number of nitrogens with two attached hydrogens (primary N) is 1. The van der Waals surface area contributed by atoms with E-state index in [9.17, 15) is 0 Å². The van der Waals surface area contributed by atoms with Crippen molar-refractivity contribution < 1.29 is 4.74 Å². The van der Waals surface area contributed by atoms with Gasteiger partial charge in [0.05, 0.1) is 17.7 Å². The Morgan fingerprint density at radius 2 is 2.10 bits per heavy atom. The summed E-state index contributed by atoms with van der Waals surface area (Å²) < 4.78 is 5.75. The molecule has 106 valence electrons. The molecule has 0 saturated carbocycles. The lowest BCUT2D eigenvalue weighted by Crippen LogP contribution is -2.15. The van der Waals surface area contributed by atoms with Gasteiger partial charge in [0.25, 0.3) is 0 Å². The van der Waals surface area contributed by atoms with E-state index in [-0.39, 0.29) is 5.84 Å². The van der Waals surface area contributed by atoms with E-state index in [4.69, 9.17) is 15.9 Å². The van der Waals surface area contributed by atoms with Crippen molar-refractivity contribution in [1.29, 1.82) is 5.41 Å². The highest BCUT2D eigenvalue weighted by atomic mass is 32.1. The predicted octanol–water partition coefficient (Wildman–Crippen LogP) is 3.20. The fourth-order valence-electron chi connectivity index (χ4n) is 2.10. The number of pyridine rings is 1. The second-order valence-electron chi connectivity index (χ2n) is 4.63. The van der Waals surface area contributed by atoms with Crippen LogP contribution < -0.4 is 10.5 Å². The Balaban J connectivity index is 1.85. The van der Waals surface area contributed by atoms with Crippen molar-refractivity contribution >= 4 is 28.1 Å². The number of thiophene rings is 1. The van der Waals surface area contributed by atoms with Gasteiger partial charge in [-0.05, 0) is 23.6 Å². The molecule has 0 aliphatic heterocycles. The summed E-state index contributed by atoms with van der Waals surface area (Å²) in [7, 11) is 0. The standard InChI is InChI=1S/C16H15N3OS/c17-15(18)13-10-11-4-1-2-6-14(11)19-16(13)20-8-7-12-5-3-9-21-12/h1-6,9-10H,7-8H2,(H3,17,18). The number of aromatic nitrogens is 1. The lowest BCUT2D eigenvalue weighted by Gasteiger charge is -2.10. The van der Waals surface area contributed by atoms with Crippen LogP contribution in [0.1, 0.15) is 10.4 Å². The van der Waals surface area contributed by atoms with Crippen molar-refractivity contribution in [3.05, 3.63) is 58.3 Å². The lowest BCUT2D eigenvalue weighted by atomic mass is 10.1. The first-order valence-electron chi connectivity index (χ1n) is 6.63. The number of rotatable bonds is 5. The number of fused-ring (bicyclic) bond motifs is 1. The highest BCUT2D eigenvalue weighted by Crippen LogP contribution is 2.22. The molecule has 0 amide bonds. The van der Waals surface area contributed by atoms with Gasteiger partial charge in [-0.2, -0.15) is 0 Å². The van der Waals surface area contributed by atoms with Crippen LogP contribution in [0.2, 0.25) is 0 Å². The van der Waals surface area contributed by atoms with E-state index in [1.807, 2.05) is 41.8 Å². The largest absolute Gasteiger partial charge is 0.477 e. The van der Waals surface area contributed by atoms with E-state index in [1.54, 1.807) is 11.3 Å². The van der Waals surface area contributed by atoms with Crippen molar-refractivity contribution in [2.75, 3.05) is 6.61 Å². The Morgan fingerprint density at radius 3 is 2.86 bits per heavy atom. The van der Waals surface area contributed by atoms with Gasteiger partial charge in [0.1, 0.15) is 5.84 Å². The summed E-state index contributed by atoms with van der Waals surface area (Å²) >= 11 is 1.70. The third-order valence-corrected chi connectivity index (χ3v) is 4.08. The molecular formula is C16H15N3OS. The monoisotopic (exact) mass is 297 g/mol. The van der Waals surface area contributed by atoms with Gasteiger partial charge in [0.2, 0.25) is 5.88 Å². The minimum Gasteiger partial charge on any atom is -0.477 e. The van der Waals surface area contributed by atoms with Crippen LogP contribution in [-0.2, 0) is 6.42 Å². The first-order valence-corrected chi connectivity index (χ1v) is 7.51. The summed E-state index contributed by atoms with van der Waals surface area (Å²) in [5.74, 6) is 0.400. The van der Waals surface area contributed by atoms with Gasteiger partial charge >= 0.3 is 0 Å². The normalized spacial score (nSPS) is 10.7. The van der Waals surface area contributed by atoms with Gasteiger partial charge < -0.3 is 10.5 Å². The molecule has 2 heterocycles. The summed E-state index contributed by atoms with van der Waals surface area (Å²) in [6.45, 7) is 0.520. The van der Waals surface area contributed by atoms with Crippen LogP contribution >= 0.6 is 11.3 Å². The number of amidine groups is 1. The summed E-state index contributed by atoms with van der Waals surface area (Å²) in [6, 6.07) is 13.7. The van der Waals surface area contributed by atoms with Crippen LogP contribution in [0.5, 0.6) is 5.88 Å². The van der Waals surface area contributed by atoms with Gasteiger partial charge in [-0.15, -0.1) is 11.3 Å². The number of benzene rings is 1. The SMILES string of the molecule is N=C(N)c1cc2ccccc2nc1OCCc1cccs1. The number of hydrogen-bond donors (Lipinski definition) is 2. The van der Waals surface area contributed by atoms with Crippen LogP contribution in [0.4, 0.5) is 0 Å². The number of para-hydroxylation sites is 1. The molecule has 0 unspecified atom stereocenters. The van der Waals surface area contributed by atoms with Crippen LogP contribution in [0.15, 0.2) is 47.8 Å². The number of nitrogen functional groups attached to an aromatic ring is 1. The van der Waals surface area contributed by atoms with E-state index in [0.717, 1.165) is 17.3 Å². The summed E-state index contributed by atoms with van der Waals surface area (Å²) in [4.78, 5) is 5.74. The number of ether oxygens (including phenoxy) is 1. The second-order valence-corrected chi connectivity index (χ2v) is 5.66. The highest BCUT2D eigenvalue weighted by Gasteiger charge is 2.11. The summed E-state index contributed by atoms with van der Waals surface area (Å²) in [5.41, 5.74) is 7.02. The first-order chi connectivity index (χ1) is 10.2. The van der Waals surface area contributed by atoms with Gasteiger partial charge in [-0.3, -0.25) is 5.41 Å². The molecule has 4 nitrogen and oxygen atoms in total. The quantitative estimate of drug-likeness (QED) is 0.561. The third kappa shape index (κ3) is 3.03. The van der Waals surface area contributed by atoms with E-state index < -0.39 is 0 Å². The van der Waals surface area contributed by atoms with Crippen molar-refractivity contribution in [3.63, 3.8) is 0 Å². The van der Waals surface area contributed by atoms with Gasteiger partial charge in [0.15, 0.2) is 0 Å². The zero-order chi connectivity index (χ0) is 14.7. The molecule has 21 heavy (non-hydrogen) atoms. The predicted molar refractivity (Wildman–Crippen MR) is 86.3 cm³/mol. The molecule has 2 aromatic heterocycles. The topological polar surface area (TPSA) is 72.0 Å². The van der Waals surface area contributed by atoms with Crippen LogP contribution in [-0.4, -0.2) is 17.4 Å². The van der Waals surface area contributed by atoms with E-state index >= 15 is 0 Å². The Bertz CT molecular complexity index is 768. The molecule has 5 heteroatoms. The molecule has 0 bridgehead atoms. The minimum atomic E-state index is -0.0284. The average Bonchev–Trinajstić information content (AvgIpc) is 2.99. The Kier molecular flexibility index (Phi) is 3.83. The second kappa shape index (κ2) is 5.93. The first kappa shape index (κ1) is 13.6. The molecular weight excluding hydrogens is 282 g/mol. The lowest BCUT2D eigenvalue weighted by molar-refractivity contribution is 0.311. The summed E-state index contributed by atoms with van der Waals surface area (Å²) in [5, 5.41) is 10.7. The average molecular weight is 297 g/mol. The highest BCUT2D eigenvalue weighted by molar-refractivity contribution is 7.09. The Labute approximate surface area is 126 Å². The molecule has 0 aliphatic carbocycles. The fraction of sp³-hybridized carbons (Fsp3) is 0.125. The maximum absolute atomic E-state index is 7.69. The third-order valence-electron chi connectivity index (χ3n) is 3.15. The summed E-state index contributed by atoms with van der Waals surface area (Å²) in [6.07, 6.45) is 0.823. The number of hydrogen-bond acceptors (Lipinski definition) is 4. The van der Waals surface area contributed by atoms with Crippen molar-refractivity contribution in [1.82, 2.24) is 4.98 Å². The maximum Gasteiger partial charge on any atom is 0.225 e. The molecule has 1 aromatic carbocycles. The molecule has 3 aromatic rings. The molecule has 0 saturated heterocycles. The van der Waals surface area contributed by atoms with E-state index in [2.05, 4.69) is 11.1 Å². The van der Waals surface area contributed by atoms with Crippen LogP contribution in [0, 0.1) is 5.41 Å². The van der Waals surface area contributed by atoms with Gasteiger partial charge in [0, 0.05) is 16.7 Å². The fourth-order valence-corrected chi connectivity index (χ4v) is 2.79. The molecule has 0 aliphatic rings. The maximum atomic E-state index is 7.69. The van der Waals surface area contributed by atoms with Crippen molar-refractivity contribution in [3.8, 4) is 5.88 Å². The molecule has 3 N–H and O–H groups in total. The Morgan fingerprint density at radius 1 is 1.24 bits per heavy atom. The van der Waals surface area contributed by atoms with Crippen LogP contribution in [0.25, 0.3) is 10.9 Å². The molecule has 0 atom stereocenters. The zero-order valence-electron chi connectivity index (χ0n) is 11.4.